The van der Waals surface area contributed by atoms with Gasteiger partial charge in [-0.2, -0.15) is 0 Å². The molecule has 0 saturated heterocycles. The SMILES string of the molecule is C#CC(Nc1nc(-c2cc(C)c(OC)cc2Cl)c(C)s1)C(CCCC)c1ccccc1.Cl. The highest BCUT2D eigenvalue weighted by Crippen LogP contribution is 2.38. The van der Waals surface area contributed by atoms with Crippen LogP contribution in [0.2, 0.25) is 5.02 Å². The number of methoxy groups -OCH3 is 1. The summed E-state index contributed by atoms with van der Waals surface area (Å²) in [5.74, 6) is 3.97. The lowest BCUT2D eigenvalue weighted by atomic mass is 9.87. The highest BCUT2D eigenvalue weighted by molar-refractivity contribution is 7.16. The molecule has 0 aliphatic carbocycles. The first-order chi connectivity index (χ1) is 15.0. The second kappa shape index (κ2) is 12.2. The van der Waals surface area contributed by atoms with Crippen molar-refractivity contribution in [3.63, 3.8) is 0 Å². The molecule has 3 rings (SSSR count). The van der Waals surface area contributed by atoms with Crippen LogP contribution in [0.1, 0.15) is 48.1 Å². The molecule has 0 saturated carbocycles. The van der Waals surface area contributed by atoms with Crippen LogP contribution in [0.5, 0.6) is 5.75 Å². The van der Waals surface area contributed by atoms with Gasteiger partial charge in [0.2, 0.25) is 0 Å². The van der Waals surface area contributed by atoms with Crippen molar-refractivity contribution in [1.29, 1.82) is 0 Å². The number of terminal acetylenes is 1. The molecule has 0 radical (unpaired) electrons. The van der Waals surface area contributed by atoms with Crippen molar-refractivity contribution in [1.82, 2.24) is 4.98 Å². The van der Waals surface area contributed by atoms with Crippen molar-refractivity contribution in [3.8, 4) is 29.4 Å². The third kappa shape index (κ3) is 5.98. The third-order valence-corrected chi connectivity index (χ3v) is 6.71. The van der Waals surface area contributed by atoms with E-state index in [1.807, 2.05) is 25.1 Å². The Morgan fingerprint density at radius 1 is 1.22 bits per heavy atom. The zero-order valence-electron chi connectivity index (χ0n) is 18.9. The molecule has 1 N–H and O–H groups in total. The fraction of sp³-hybridized carbons (Fsp3) is 0.346. The minimum absolute atomic E-state index is 0. The number of ether oxygens (including phenoxy) is 1. The molecule has 0 spiro atoms. The van der Waals surface area contributed by atoms with Gasteiger partial charge in [-0.3, -0.25) is 0 Å². The second-order valence-corrected chi connectivity index (χ2v) is 9.28. The molecule has 3 nitrogen and oxygen atoms in total. The van der Waals surface area contributed by atoms with Crippen LogP contribution < -0.4 is 10.1 Å². The van der Waals surface area contributed by atoms with Gasteiger partial charge in [-0.05, 0) is 43.5 Å². The van der Waals surface area contributed by atoms with Gasteiger partial charge in [0.05, 0.1) is 23.9 Å². The summed E-state index contributed by atoms with van der Waals surface area (Å²) in [7, 11) is 1.65. The molecule has 0 fully saturated rings. The standard InChI is InChI=1S/C26H29ClN2OS.ClH/c1-6-8-14-20(19-12-10-9-11-13-19)23(7-2)28-26-29-25(18(4)31-26)21-15-17(3)24(30-5)16-22(21)27;/h2,9-13,15-16,20,23H,6,8,14H2,1,3-5H3,(H,28,29);1H. The number of aryl methyl sites for hydroxylation is 2. The summed E-state index contributed by atoms with van der Waals surface area (Å²) in [4.78, 5) is 5.96. The van der Waals surface area contributed by atoms with E-state index >= 15 is 0 Å². The number of thiazole rings is 1. The van der Waals surface area contributed by atoms with Crippen molar-refractivity contribution in [2.24, 2.45) is 0 Å². The molecule has 2 unspecified atom stereocenters. The molecule has 0 aliphatic heterocycles. The lowest BCUT2D eigenvalue weighted by Crippen LogP contribution is -2.26. The maximum Gasteiger partial charge on any atom is 0.184 e. The Labute approximate surface area is 207 Å². The summed E-state index contributed by atoms with van der Waals surface area (Å²) >= 11 is 8.15. The molecule has 0 bridgehead atoms. The Morgan fingerprint density at radius 3 is 2.56 bits per heavy atom. The zero-order chi connectivity index (χ0) is 22.4. The maximum absolute atomic E-state index is 6.55. The first kappa shape index (κ1) is 26.1. The number of nitrogens with one attached hydrogen (secondary N) is 1. The van der Waals surface area contributed by atoms with E-state index in [0.29, 0.717) is 5.02 Å². The molecule has 0 aliphatic rings. The van der Waals surface area contributed by atoms with Crippen molar-refractivity contribution in [2.75, 3.05) is 12.4 Å². The minimum Gasteiger partial charge on any atom is -0.496 e. The van der Waals surface area contributed by atoms with E-state index < -0.39 is 0 Å². The molecular formula is C26H30Cl2N2OS. The number of unbranched alkanes of at least 4 members (excludes halogenated alkanes) is 1. The lowest BCUT2D eigenvalue weighted by molar-refractivity contribution is 0.412. The highest BCUT2D eigenvalue weighted by atomic mass is 35.5. The van der Waals surface area contributed by atoms with E-state index in [-0.39, 0.29) is 24.4 Å². The van der Waals surface area contributed by atoms with Crippen molar-refractivity contribution < 1.29 is 4.74 Å². The second-order valence-electron chi connectivity index (χ2n) is 7.67. The van der Waals surface area contributed by atoms with E-state index in [9.17, 15) is 0 Å². The topological polar surface area (TPSA) is 34.2 Å². The van der Waals surface area contributed by atoms with Crippen LogP contribution in [-0.2, 0) is 0 Å². The Kier molecular flexibility index (Phi) is 9.90. The normalized spacial score (nSPS) is 12.4. The van der Waals surface area contributed by atoms with Crippen LogP contribution in [-0.4, -0.2) is 18.1 Å². The number of rotatable bonds is 9. The van der Waals surface area contributed by atoms with Crippen LogP contribution in [0, 0.1) is 26.2 Å². The van der Waals surface area contributed by atoms with E-state index in [2.05, 4.69) is 49.4 Å². The first-order valence-corrected chi connectivity index (χ1v) is 11.8. The molecular weight excluding hydrogens is 459 g/mol. The van der Waals surface area contributed by atoms with Crippen LogP contribution in [0.3, 0.4) is 0 Å². The summed E-state index contributed by atoms with van der Waals surface area (Å²) in [5, 5.41) is 4.97. The third-order valence-electron chi connectivity index (χ3n) is 5.49. The van der Waals surface area contributed by atoms with Gasteiger partial charge in [-0.1, -0.05) is 67.6 Å². The van der Waals surface area contributed by atoms with Gasteiger partial charge in [0, 0.05) is 16.4 Å². The molecule has 2 atom stereocenters. The summed E-state index contributed by atoms with van der Waals surface area (Å²) in [6, 6.07) is 14.2. The fourth-order valence-corrected chi connectivity index (χ4v) is 4.92. The van der Waals surface area contributed by atoms with Crippen molar-refractivity contribution in [2.45, 2.75) is 52.0 Å². The highest BCUT2D eigenvalue weighted by Gasteiger charge is 2.23. The van der Waals surface area contributed by atoms with Crippen LogP contribution in [0.4, 0.5) is 5.13 Å². The fourth-order valence-electron chi connectivity index (χ4n) is 3.81. The Balaban J connectivity index is 0.00000363. The van der Waals surface area contributed by atoms with Gasteiger partial charge in [0.25, 0.3) is 0 Å². The summed E-state index contributed by atoms with van der Waals surface area (Å²) < 4.78 is 5.38. The molecule has 3 aromatic rings. The van der Waals surface area contributed by atoms with Crippen LogP contribution in [0.25, 0.3) is 11.3 Å². The van der Waals surface area contributed by atoms with E-state index in [1.165, 1.54) is 5.56 Å². The monoisotopic (exact) mass is 488 g/mol. The molecule has 0 amide bonds. The smallest absolute Gasteiger partial charge is 0.184 e. The molecule has 2 aromatic carbocycles. The molecule has 1 heterocycles. The van der Waals surface area contributed by atoms with Gasteiger partial charge in [0.15, 0.2) is 5.13 Å². The zero-order valence-corrected chi connectivity index (χ0v) is 21.3. The van der Waals surface area contributed by atoms with E-state index in [1.54, 1.807) is 18.4 Å². The Hall–Kier alpha value is -2.19. The summed E-state index contributed by atoms with van der Waals surface area (Å²) in [5.41, 5.74) is 4.07. The predicted molar refractivity (Wildman–Crippen MR) is 141 cm³/mol. The van der Waals surface area contributed by atoms with Gasteiger partial charge < -0.3 is 10.1 Å². The van der Waals surface area contributed by atoms with Crippen molar-refractivity contribution in [3.05, 3.63) is 63.5 Å². The average Bonchev–Trinajstić information content (AvgIpc) is 3.14. The largest absolute Gasteiger partial charge is 0.496 e. The van der Waals surface area contributed by atoms with E-state index in [4.69, 9.17) is 27.7 Å². The number of hydrogen-bond donors (Lipinski definition) is 1. The minimum atomic E-state index is -0.138. The molecule has 1 aromatic heterocycles. The number of anilines is 1. The number of benzene rings is 2. The Bertz CT molecular complexity index is 1060. The van der Waals surface area contributed by atoms with Gasteiger partial charge in [-0.15, -0.1) is 30.2 Å². The maximum atomic E-state index is 6.55. The number of hydrogen-bond acceptors (Lipinski definition) is 4. The summed E-state index contributed by atoms with van der Waals surface area (Å²) in [6.45, 7) is 6.27. The van der Waals surface area contributed by atoms with E-state index in [0.717, 1.165) is 51.8 Å². The Morgan fingerprint density at radius 2 is 1.94 bits per heavy atom. The first-order valence-electron chi connectivity index (χ1n) is 10.6. The summed E-state index contributed by atoms with van der Waals surface area (Å²) in [6.07, 6.45) is 9.29. The average molecular weight is 490 g/mol. The van der Waals surface area contributed by atoms with Crippen molar-refractivity contribution >= 4 is 40.5 Å². The number of halogens is 2. The van der Waals surface area contributed by atoms with Crippen LogP contribution in [0.15, 0.2) is 42.5 Å². The van der Waals surface area contributed by atoms with Gasteiger partial charge >= 0.3 is 0 Å². The van der Waals surface area contributed by atoms with Gasteiger partial charge in [-0.25, -0.2) is 4.98 Å². The molecule has 32 heavy (non-hydrogen) atoms. The number of nitrogens with zero attached hydrogens (tertiary/aromatic N) is 1. The predicted octanol–water partition coefficient (Wildman–Crippen LogP) is 7.90. The molecule has 170 valence electrons. The quantitative estimate of drug-likeness (QED) is 0.310. The number of aromatic nitrogens is 1. The van der Waals surface area contributed by atoms with Gasteiger partial charge in [0.1, 0.15) is 5.75 Å². The van der Waals surface area contributed by atoms with Crippen LogP contribution >= 0.6 is 35.3 Å². The molecule has 6 heteroatoms. The lowest BCUT2D eigenvalue weighted by Gasteiger charge is -2.24.